The van der Waals surface area contributed by atoms with Crippen LogP contribution in [-0.4, -0.2) is 48.6 Å². The Morgan fingerprint density at radius 1 is 1.17 bits per heavy atom. The average Bonchev–Trinajstić information content (AvgIpc) is 3.15. The molecule has 1 fully saturated rings. The molecule has 168 valence electrons. The molecule has 1 saturated heterocycles. The SMILES string of the molecule is CO[C@H](CC(=O)N1CCC[C@H]1C[C@@H](C)C(=O)N[C@H](C)Cc1ccccc1)CC(C)C. The van der Waals surface area contributed by atoms with Gasteiger partial charge in [0.15, 0.2) is 0 Å². The summed E-state index contributed by atoms with van der Waals surface area (Å²) in [6, 6.07) is 10.4. The quantitative estimate of drug-likeness (QED) is 0.588. The van der Waals surface area contributed by atoms with Gasteiger partial charge in [0, 0.05) is 31.7 Å². The Morgan fingerprint density at radius 2 is 1.87 bits per heavy atom. The van der Waals surface area contributed by atoms with Crippen molar-refractivity contribution in [2.45, 2.75) is 84.4 Å². The van der Waals surface area contributed by atoms with Gasteiger partial charge in [0.05, 0.1) is 12.5 Å². The number of rotatable bonds is 11. The van der Waals surface area contributed by atoms with E-state index >= 15 is 0 Å². The Kier molecular flexibility index (Phi) is 9.83. The molecule has 5 nitrogen and oxygen atoms in total. The van der Waals surface area contributed by atoms with Crippen molar-refractivity contribution in [2.75, 3.05) is 13.7 Å². The van der Waals surface area contributed by atoms with Crippen molar-refractivity contribution in [2.24, 2.45) is 11.8 Å². The third-order valence-electron chi connectivity index (χ3n) is 6.01. The zero-order valence-electron chi connectivity index (χ0n) is 19.4. The highest BCUT2D eigenvalue weighted by atomic mass is 16.5. The molecular formula is C25H40N2O3. The highest BCUT2D eigenvalue weighted by Crippen LogP contribution is 2.25. The van der Waals surface area contributed by atoms with Gasteiger partial charge in [-0.05, 0) is 50.5 Å². The van der Waals surface area contributed by atoms with Gasteiger partial charge in [0.25, 0.3) is 0 Å². The maximum absolute atomic E-state index is 12.9. The monoisotopic (exact) mass is 416 g/mol. The van der Waals surface area contributed by atoms with Crippen molar-refractivity contribution >= 4 is 11.8 Å². The van der Waals surface area contributed by atoms with Crippen LogP contribution in [0.5, 0.6) is 0 Å². The lowest BCUT2D eigenvalue weighted by Gasteiger charge is -2.29. The van der Waals surface area contributed by atoms with Gasteiger partial charge in [-0.25, -0.2) is 0 Å². The summed E-state index contributed by atoms with van der Waals surface area (Å²) in [5, 5.41) is 3.15. The molecule has 1 heterocycles. The van der Waals surface area contributed by atoms with Crippen LogP contribution >= 0.6 is 0 Å². The Hall–Kier alpha value is -1.88. The van der Waals surface area contributed by atoms with Crippen LogP contribution in [0.4, 0.5) is 0 Å². The van der Waals surface area contributed by atoms with Crippen molar-refractivity contribution in [1.82, 2.24) is 10.2 Å². The maximum atomic E-state index is 12.9. The van der Waals surface area contributed by atoms with E-state index < -0.39 is 0 Å². The average molecular weight is 417 g/mol. The van der Waals surface area contributed by atoms with E-state index in [1.807, 2.05) is 36.9 Å². The van der Waals surface area contributed by atoms with E-state index in [0.717, 1.165) is 38.6 Å². The highest BCUT2D eigenvalue weighted by Gasteiger charge is 2.32. The standard InChI is InChI=1S/C25H40N2O3/c1-18(2)14-23(30-5)17-24(28)27-13-9-12-22(27)15-19(3)25(29)26-20(4)16-21-10-7-6-8-11-21/h6-8,10-11,18-20,22-23H,9,12-17H2,1-5H3,(H,26,29)/t19-,20-,22+,23+/m1/s1. The number of nitrogens with one attached hydrogen (secondary N) is 1. The van der Waals surface area contributed by atoms with Crippen LogP contribution in [0.1, 0.15) is 65.4 Å². The number of methoxy groups -OCH3 is 1. The van der Waals surface area contributed by atoms with Gasteiger partial charge in [-0.3, -0.25) is 9.59 Å². The number of ether oxygens (including phenoxy) is 1. The molecule has 5 heteroatoms. The summed E-state index contributed by atoms with van der Waals surface area (Å²) < 4.78 is 5.53. The Morgan fingerprint density at radius 3 is 2.50 bits per heavy atom. The molecule has 0 radical (unpaired) electrons. The first-order valence-electron chi connectivity index (χ1n) is 11.5. The summed E-state index contributed by atoms with van der Waals surface area (Å²) in [6.45, 7) is 9.10. The first kappa shape index (κ1) is 24.4. The smallest absolute Gasteiger partial charge is 0.225 e. The minimum Gasteiger partial charge on any atom is -0.381 e. The zero-order chi connectivity index (χ0) is 22.1. The molecule has 30 heavy (non-hydrogen) atoms. The van der Waals surface area contributed by atoms with Crippen molar-refractivity contribution < 1.29 is 14.3 Å². The van der Waals surface area contributed by atoms with E-state index in [9.17, 15) is 9.59 Å². The molecule has 4 atom stereocenters. The number of hydrogen-bond donors (Lipinski definition) is 1. The van der Waals surface area contributed by atoms with Gasteiger partial charge in [0.1, 0.15) is 0 Å². The third-order valence-corrected chi connectivity index (χ3v) is 6.01. The Balaban J connectivity index is 1.84. The Labute approximate surface area is 182 Å². The molecule has 0 spiro atoms. The van der Waals surface area contributed by atoms with E-state index in [1.54, 1.807) is 7.11 Å². The van der Waals surface area contributed by atoms with Crippen LogP contribution in [0.15, 0.2) is 30.3 Å². The fraction of sp³-hybridized carbons (Fsp3) is 0.680. The van der Waals surface area contributed by atoms with E-state index in [0.29, 0.717) is 12.3 Å². The summed E-state index contributed by atoms with van der Waals surface area (Å²) >= 11 is 0. The molecule has 1 aliphatic heterocycles. The van der Waals surface area contributed by atoms with E-state index in [4.69, 9.17) is 4.74 Å². The number of carbonyl (C=O) groups excluding carboxylic acids is 2. The number of benzene rings is 1. The van der Waals surface area contributed by atoms with Crippen molar-refractivity contribution in [3.63, 3.8) is 0 Å². The molecule has 1 aliphatic rings. The van der Waals surface area contributed by atoms with Gasteiger partial charge >= 0.3 is 0 Å². The van der Waals surface area contributed by atoms with Crippen LogP contribution in [0.3, 0.4) is 0 Å². The third kappa shape index (κ3) is 7.75. The summed E-state index contributed by atoms with van der Waals surface area (Å²) in [5.74, 6) is 0.622. The maximum Gasteiger partial charge on any atom is 0.225 e. The van der Waals surface area contributed by atoms with Crippen molar-refractivity contribution in [1.29, 1.82) is 0 Å². The predicted octanol–water partition coefficient (Wildman–Crippen LogP) is 4.20. The minimum atomic E-state index is -0.115. The molecule has 0 aliphatic carbocycles. The summed E-state index contributed by atoms with van der Waals surface area (Å²) in [7, 11) is 1.69. The number of carbonyl (C=O) groups is 2. The van der Waals surface area contributed by atoms with Crippen LogP contribution in [0.2, 0.25) is 0 Å². The molecule has 2 amide bonds. The fourth-order valence-electron chi connectivity index (χ4n) is 4.43. The molecule has 2 rings (SSSR count). The first-order chi connectivity index (χ1) is 14.3. The second-order valence-corrected chi connectivity index (χ2v) is 9.31. The second-order valence-electron chi connectivity index (χ2n) is 9.31. The number of likely N-dealkylation sites (tertiary alicyclic amines) is 1. The minimum absolute atomic E-state index is 0.0293. The number of amides is 2. The van der Waals surface area contributed by atoms with Crippen LogP contribution in [0.25, 0.3) is 0 Å². The lowest BCUT2D eigenvalue weighted by Crippen LogP contribution is -2.42. The molecular weight excluding hydrogens is 376 g/mol. The normalized spacial score (nSPS) is 19.5. The van der Waals surface area contributed by atoms with Gasteiger partial charge in [-0.15, -0.1) is 0 Å². The Bertz CT molecular complexity index is 662. The van der Waals surface area contributed by atoms with Gasteiger partial charge in [-0.2, -0.15) is 0 Å². The highest BCUT2D eigenvalue weighted by molar-refractivity contribution is 5.79. The van der Waals surface area contributed by atoms with Gasteiger partial charge in [-0.1, -0.05) is 51.1 Å². The van der Waals surface area contributed by atoms with Crippen molar-refractivity contribution in [3.05, 3.63) is 35.9 Å². The molecule has 1 aromatic rings. The largest absolute Gasteiger partial charge is 0.381 e. The second kappa shape index (κ2) is 12.1. The molecule has 0 saturated carbocycles. The van der Waals surface area contributed by atoms with Crippen molar-refractivity contribution in [3.8, 4) is 0 Å². The molecule has 1 N–H and O–H groups in total. The van der Waals surface area contributed by atoms with Crippen LogP contribution < -0.4 is 5.32 Å². The first-order valence-corrected chi connectivity index (χ1v) is 11.5. The predicted molar refractivity (Wildman–Crippen MR) is 121 cm³/mol. The summed E-state index contributed by atoms with van der Waals surface area (Å²) in [4.78, 5) is 27.6. The van der Waals surface area contributed by atoms with Crippen LogP contribution in [-0.2, 0) is 20.7 Å². The lowest BCUT2D eigenvalue weighted by atomic mass is 9.97. The van der Waals surface area contributed by atoms with E-state index in [2.05, 4.69) is 31.3 Å². The van der Waals surface area contributed by atoms with E-state index in [1.165, 1.54) is 5.56 Å². The summed E-state index contributed by atoms with van der Waals surface area (Å²) in [5.41, 5.74) is 1.22. The topological polar surface area (TPSA) is 58.6 Å². The molecule has 0 aromatic heterocycles. The van der Waals surface area contributed by atoms with Gasteiger partial charge < -0.3 is 15.0 Å². The summed E-state index contributed by atoms with van der Waals surface area (Å²) in [6.07, 6.45) is 4.82. The molecule has 0 unspecified atom stereocenters. The zero-order valence-corrected chi connectivity index (χ0v) is 19.4. The van der Waals surface area contributed by atoms with Crippen LogP contribution in [0, 0.1) is 11.8 Å². The lowest BCUT2D eigenvalue weighted by molar-refractivity contribution is -0.136. The van der Waals surface area contributed by atoms with E-state index in [-0.39, 0.29) is 35.9 Å². The fourth-order valence-corrected chi connectivity index (χ4v) is 4.43. The molecule has 0 bridgehead atoms. The number of nitrogens with zero attached hydrogens (tertiary/aromatic N) is 1. The van der Waals surface area contributed by atoms with Gasteiger partial charge in [0.2, 0.25) is 11.8 Å². The molecule has 1 aromatic carbocycles. The number of hydrogen-bond acceptors (Lipinski definition) is 3.